The predicted molar refractivity (Wildman–Crippen MR) is 65.5 cm³/mol. The fourth-order valence-electron chi connectivity index (χ4n) is 1.97. The first-order valence-electron chi connectivity index (χ1n) is 5.72. The van der Waals surface area contributed by atoms with Gasteiger partial charge in [0.1, 0.15) is 0 Å². The van der Waals surface area contributed by atoms with E-state index < -0.39 is 0 Å². The molecule has 2 N–H and O–H groups in total. The van der Waals surface area contributed by atoms with Crippen LogP contribution < -0.4 is 5.73 Å². The van der Waals surface area contributed by atoms with Crippen molar-refractivity contribution in [1.82, 2.24) is 4.98 Å². The molecular weight excluding hydrogens is 204 g/mol. The average molecular weight is 224 g/mol. The molecule has 1 aliphatic carbocycles. The summed E-state index contributed by atoms with van der Waals surface area (Å²) in [6.45, 7) is 7.22. The van der Waals surface area contributed by atoms with Gasteiger partial charge in [-0.05, 0) is 19.8 Å². The zero-order valence-corrected chi connectivity index (χ0v) is 10.7. The van der Waals surface area contributed by atoms with Crippen molar-refractivity contribution in [1.29, 1.82) is 0 Å². The minimum atomic E-state index is 0.0871. The predicted octanol–water partition coefficient (Wildman–Crippen LogP) is 2.96. The van der Waals surface area contributed by atoms with Crippen LogP contribution >= 0.6 is 11.3 Å². The third-order valence-electron chi connectivity index (χ3n) is 3.39. The number of rotatable bonds is 3. The van der Waals surface area contributed by atoms with Crippen molar-refractivity contribution >= 4 is 11.3 Å². The van der Waals surface area contributed by atoms with Gasteiger partial charge in [-0.3, -0.25) is 0 Å². The molecule has 0 radical (unpaired) electrons. The lowest BCUT2D eigenvalue weighted by molar-refractivity contribution is 0.418. The van der Waals surface area contributed by atoms with E-state index in [2.05, 4.69) is 20.8 Å². The second kappa shape index (κ2) is 3.87. The van der Waals surface area contributed by atoms with Gasteiger partial charge in [0, 0.05) is 22.8 Å². The van der Waals surface area contributed by atoms with Crippen LogP contribution in [0.1, 0.15) is 54.6 Å². The molecule has 0 spiro atoms. The lowest BCUT2D eigenvalue weighted by atomic mass is 9.86. The maximum Gasteiger partial charge on any atom is 0.0962 e. The summed E-state index contributed by atoms with van der Waals surface area (Å²) in [6.07, 6.45) is 4.03. The highest BCUT2D eigenvalue weighted by Gasteiger charge is 2.28. The Morgan fingerprint density at radius 2 is 2.13 bits per heavy atom. The lowest BCUT2D eigenvalue weighted by Gasteiger charge is -2.23. The van der Waals surface area contributed by atoms with Crippen molar-refractivity contribution in [3.8, 4) is 0 Å². The first-order valence-corrected chi connectivity index (χ1v) is 6.54. The number of thiazole rings is 1. The second-order valence-corrected chi connectivity index (χ2v) is 6.21. The molecule has 1 aliphatic rings. The van der Waals surface area contributed by atoms with Crippen molar-refractivity contribution in [3.05, 3.63) is 15.6 Å². The molecule has 84 valence electrons. The maximum absolute atomic E-state index is 5.82. The highest BCUT2D eigenvalue weighted by molar-refractivity contribution is 7.12. The molecule has 0 aliphatic heterocycles. The molecule has 1 aromatic heterocycles. The van der Waals surface area contributed by atoms with Gasteiger partial charge in [0.2, 0.25) is 0 Å². The molecule has 1 fully saturated rings. The van der Waals surface area contributed by atoms with Gasteiger partial charge in [0.15, 0.2) is 0 Å². The summed E-state index contributed by atoms with van der Waals surface area (Å²) in [5.41, 5.74) is 7.10. The molecule has 15 heavy (non-hydrogen) atoms. The topological polar surface area (TPSA) is 38.9 Å². The second-order valence-electron chi connectivity index (χ2n) is 5.18. The number of nitrogens with two attached hydrogens (primary N) is 1. The van der Waals surface area contributed by atoms with Crippen LogP contribution in [0.5, 0.6) is 0 Å². The lowest BCUT2D eigenvalue weighted by Crippen LogP contribution is -2.27. The van der Waals surface area contributed by atoms with Gasteiger partial charge >= 0.3 is 0 Å². The van der Waals surface area contributed by atoms with Crippen LogP contribution in [-0.2, 0) is 5.41 Å². The minimum Gasteiger partial charge on any atom is -0.330 e. The SMILES string of the molecule is Cc1nc(C2CCC2)sc1C(C)(C)CN. The molecule has 1 aromatic rings. The number of aromatic nitrogens is 1. The van der Waals surface area contributed by atoms with Gasteiger partial charge in [-0.2, -0.15) is 0 Å². The quantitative estimate of drug-likeness (QED) is 0.857. The van der Waals surface area contributed by atoms with E-state index in [4.69, 9.17) is 10.7 Å². The van der Waals surface area contributed by atoms with E-state index in [1.807, 2.05) is 11.3 Å². The first-order chi connectivity index (χ1) is 7.04. The molecule has 0 saturated heterocycles. The summed E-state index contributed by atoms with van der Waals surface area (Å²) in [5, 5.41) is 1.34. The van der Waals surface area contributed by atoms with Crippen molar-refractivity contribution < 1.29 is 0 Å². The van der Waals surface area contributed by atoms with E-state index in [1.54, 1.807) is 0 Å². The summed E-state index contributed by atoms with van der Waals surface area (Å²) < 4.78 is 0. The molecule has 0 aromatic carbocycles. The summed E-state index contributed by atoms with van der Waals surface area (Å²) >= 11 is 1.88. The molecule has 0 amide bonds. The molecular formula is C12H20N2S. The first kappa shape index (κ1) is 11.1. The van der Waals surface area contributed by atoms with Crippen LogP contribution in [0.2, 0.25) is 0 Å². The van der Waals surface area contributed by atoms with Crippen LogP contribution in [0.15, 0.2) is 0 Å². The third kappa shape index (κ3) is 1.95. The van der Waals surface area contributed by atoms with Crippen molar-refractivity contribution in [2.45, 2.75) is 51.4 Å². The van der Waals surface area contributed by atoms with Crippen LogP contribution in [0, 0.1) is 6.92 Å². The standard InChI is InChI=1S/C12H20N2S/c1-8-10(12(2,3)7-13)15-11(14-8)9-5-4-6-9/h9H,4-7,13H2,1-3H3. The zero-order valence-electron chi connectivity index (χ0n) is 9.84. The van der Waals surface area contributed by atoms with Crippen LogP contribution in [0.4, 0.5) is 0 Å². The molecule has 0 unspecified atom stereocenters. The highest BCUT2D eigenvalue weighted by Crippen LogP contribution is 2.41. The number of nitrogens with zero attached hydrogens (tertiary/aromatic N) is 1. The van der Waals surface area contributed by atoms with Crippen LogP contribution in [-0.4, -0.2) is 11.5 Å². The van der Waals surface area contributed by atoms with Gasteiger partial charge in [0.25, 0.3) is 0 Å². The van der Waals surface area contributed by atoms with Crippen molar-refractivity contribution in [2.75, 3.05) is 6.54 Å². The van der Waals surface area contributed by atoms with E-state index >= 15 is 0 Å². The maximum atomic E-state index is 5.82. The van der Waals surface area contributed by atoms with Crippen molar-refractivity contribution in [2.24, 2.45) is 5.73 Å². The van der Waals surface area contributed by atoms with Gasteiger partial charge in [-0.25, -0.2) is 4.98 Å². The van der Waals surface area contributed by atoms with Gasteiger partial charge in [-0.1, -0.05) is 20.3 Å². The van der Waals surface area contributed by atoms with Crippen molar-refractivity contribution in [3.63, 3.8) is 0 Å². The average Bonchev–Trinajstić information content (AvgIpc) is 2.45. The Kier molecular flexibility index (Phi) is 2.86. The van der Waals surface area contributed by atoms with E-state index in [9.17, 15) is 0 Å². The van der Waals surface area contributed by atoms with E-state index in [0.29, 0.717) is 6.54 Å². The largest absolute Gasteiger partial charge is 0.330 e. The van der Waals surface area contributed by atoms with E-state index in [0.717, 1.165) is 5.92 Å². The molecule has 3 heteroatoms. The molecule has 0 atom stereocenters. The Hall–Kier alpha value is -0.410. The van der Waals surface area contributed by atoms with Crippen LogP contribution in [0.25, 0.3) is 0 Å². The fourth-order valence-corrected chi connectivity index (χ4v) is 3.31. The number of hydrogen-bond acceptors (Lipinski definition) is 3. The van der Waals surface area contributed by atoms with Gasteiger partial charge in [-0.15, -0.1) is 11.3 Å². The van der Waals surface area contributed by atoms with E-state index in [-0.39, 0.29) is 5.41 Å². The Bertz CT molecular complexity index is 351. The third-order valence-corrected chi connectivity index (χ3v) is 5.08. The number of aryl methyl sites for hydroxylation is 1. The molecule has 1 heterocycles. The summed E-state index contributed by atoms with van der Waals surface area (Å²) in [6, 6.07) is 0. The Morgan fingerprint density at radius 3 is 2.60 bits per heavy atom. The minimum absolute atomic E-state index is 0.0871. The molecule has 2 rings (SSSR count). The molecule has 1 saturated carbocycles. The Labute approximate surface area is 95.9 Å². The summed E-state index contributed by atoms with van der Waals surface area (Å²) in [7, 11) is 0. The van der Waals surface area contributed by atoms with Gasteiger partial charge < -0.3 is 5.73 Å². The summed E-state index contributed by atoms with van der Waals surface area (Å²) in [4.78, 5) is 6.09. The number of hydrogen-bond donors (Lipinski definition) is 1. The Morgan fingerprint density at radius 1 is 1.47 bits per heavy atom. The summed E-state index contributed by atoms with van der Waals surface area (Å²) in [5.74, 6) is 0.746. The van der Waals surface area contributed by atoms with Gasteiger partial charge in [0.05, 0.1) is 10.7 Å². The monoisotopic (exact) mass is 224 g/mol. The highest BCUT2D eigenvalue weighted by atomic mass is 32.1. The Balaban J connectivity index is 2.28. The van der Waals surface area contributed by atoms with Crippen LogP contribution in [0.3, 0.4) is 0 Å². The fraction of sp³-hybridized carbons (Fsp3) is 0.750. The zero-order chi connectivity index (χ0) is 11.1. The normalized spacial score (nSPS) is 17.9. The molecule has 2 nitrogen and oxygen atoms in total. The van der Waals surface area contributed by atoms with E-state index in [1.165, 1.54) is 34.8 Å². The molecule has 0 bridgehead atoms. The smallest absolute Gasteiger partial charge is 0.0962 e.